The van der Waals surface area contributed by atoms with Crippen LogP contribution in [0.15, 0.2) is 0 Å². The van der Waals surface area contributed by atoms with Gasteiger partial charge in [0.25, 0.3) is 0 Å². The lowest BCUT2D eigenvalue weighted by Crippen LogP contribution is -2.43. The summed E-state index contributed by atoms with van der Waals surface area (Å²) in [4.78, 5) is 4.66. The molecule has 0 amide bonds. The van der Waals surface area contributed by atoms with Crippen molar-refractivity contribution < 1.29 is 0 Å². The van der Waals surface area contributed by atoms with Gasteiger partial charge in [-0.3, -0.25) is 0 Å². The van der Waals surface area contributed by atoms with Crippen LogP contribution in [0.25, 0.3) is 0 Å². The first kappa shape index (κ1) is 15.9. The third kappa shape index (κ3) is 7.20. The number of hydrogen-bond acceptors (Lipinski definition) is 3. The molecule has 16 heavy (non-hydrogen) atoms. The van der Waals surface area contributed by atoms with E-state index in [-0.39, 0.29) is 0 Å². The highest BCUT2D eigenvalue weighted by Crippen LogP contribution is 1.99. The van der Waals surface area contributed by atoms with Gasteiger partial charge in [-0.1, -0.05) is 13.8 Å². The molecule has 0 bridgehead atoms. The summed E-state index contributed by atoms with van der Waals surface area (Å²) < 4.78 is 0. The molecule has 0 saturated carbocycles. The van der Waals surface area contributed by atoms with Crippen LogP contribution in [0.5, 0.6) is 0 Å². The average Bonchev–Trinajstić information content (AvgIpc) is 2.26. The Morgan fingerprint density at radius 3 is 2.00 bits per heavy atom. The van der Waals surface area contributed by atoms with Crippen molar-refractivity contribution in [3.63, 3.8) is 0 Å². The summed E-state index contributed by atoms with van der Waals surface area (Å²) in [6.45, 7) is 10.2. The van der Waals surface area contributed by atoms with E-state index in [0.29, 0.717) is 12.1 Å². The van der Waals surface area contributed by atoms with Gasteiger partial charge in [0.05, 0.1) is 0 Å². The molecule has 98 valence electrons. The van der Waals surface area contributed by atoms with Gasteiger partial charge in [-0.25, -0.2) is 0 Å². The summed E-state index contributed by atoms with van der Waals surface area (Å²) in [7, 11) is 6.46. The Morgan fingerprint density at radius 1 is 1.00 bits per heavy atom. The maximum Gasteiger partial charge on any atom is 0.0189 e. The molecule has 0 aromatic rings. The molecule has 1 unspecified atom stereocenters. The van der Waals surface area contributed by atoms with Crippen LogP contribution in [0.1, 0.15) is 33.6 Å². The Bertz CT molecular complexity index is 155. The van der Waals surface area contributed by atoms with E-state index in [0.717, 1.165) is 19.6 Å². The van der Waals surface area contributed by atoms with Crippen LogP contribution in [0.2, 0.25) is 0 Å². The molecular weight excluding hydrogens is 198 g/mol. The van der Waals surface area contributed by atoms with E-state index in [2.05, 4.69) is 57.0 Å². The van der Waals surface area contributed by atoms with Gasteiger partial charge in [-0.05, 0) is 40.9 Å². The van der Waals surface area contributed by atoms with Crippen molar-refractivity contribution in [2.75, 3.05) is 40.8 Å². The molecule has 0 aliphatic heterocycles. The number of nitrogens with one attached hydrogen (secondary N) is 1. The highest BCUT2D eigenvalue weighted by molar-refractivity contribution is 4.71. The molecule has 0 saturated heterocycles. The lowest BCUT2D eigenvalue weighted by Gasteiger charge is -2.28. The maximum absolute atomic E-state index is 3.63. The smallest absolute Gasteiger partial charge is 0.0189 e. The number of rotatable bonds is 9. The highest BCUT2D eigenvalue weighted by atomic mass is 15.2. The predicted molar refractivity (Wildman–Crippen MR) is 73.0 cm³/mol. The van der Waals surface area contributed by atoms with Crippen LogP contribution in [0.4, 0.5) is 0 Å². The highest BCUT2D eigenvalue weighted by Gasteiger charge is 2.10. The average molecular weight is 229 g/mol. The summed E-state index contributed by atoms with van der Waals surface area (Å²) in [5.41, 5.74) is 0. The molecule has 0 aliphatic rings. The zero-order chi connectivity index (χ0) is 12.6. The SMILES string of the molecule is CCC(CC)NCC(C)N(C)CCN(C)C. The van der Waals surface area contributed by atoms with Gasteiger partial charge in [0, 0.05) is 31.7 Å². The van der Waals surface area contributed by atoms with Crippen LogP contribution < -0.4 is 5.32 Å². The van der Waals surface area contributed by atoms with E-state index >= 15 is 0 Å². The second-order valence-corrected chi connectivity index (χ2v) is 5.05. The first-order chi connectivity index (χ1) is 7.51. The molecule has 3 heteroatoms. The minimum Gasteiger partial charge on any atom is -0.312 e. The Morgan fingerprint density at radius 2 is 1.56 bits per heavy atom. The zero-order valence-corrected chi connectivity index (χ0v) is 12.1. The maximum atomic E-state index is 3.63. The quantitative estimate of drug-likeness (QED) is 0.648. The molecular formula is C13H31N3. The normalized spacial score (nSPS) is 14.1. The van der Waals surface area contributed by atoms with E-state index < -0.39 is 0 Å². The standard InChI is InChI=1S/C13H31N3/c1-7-13(8-2)14-11-12(3)16(6)10-9-15(4)5/h12-14H,7-11H2,1-6H3. The third-order valence-corrected chi connectivity index (χ3v) is 3.34. The van der Waals surface area contributed by atoms with Crippen LogP contribution >= 0.6 is 0 Å². The molecule has 1 N–H and O–H groups in total. The van der Waals surface area contributed by atoms with E-state index in [9.17, 15) is 0 Å². The largest absolute Gasteiger partial charge is 0.312 e. The first-order valence-corrected chi connectivity index (χ1v) is 6.59. The van der Waals surface area contributed by atoms with Gasteiger partial charge < -0.3 is 15.1 Å². The molecule has 1 atom stereocenters. The molecule has 0 radical (unpaired) electrons. The Balaban J connectivity index is 3.73. The van der Waals surface area contributed by atoms with E-state index in [1.807, 2.05) is 0 Å². The van der Waals surface area contributed by atoms with E-state index in [4.69, 9.17) is 0 Å². The van der Waals surface area contributed by atoms with Gasteiger partial charge in [0.2, 0.25) is 0 Å². The zero-order valence-electron chi connectivity index (χ0n) is 12.1. The molecule has 3 nitrogen and oxygen atoms in total. The van der Waals surface area contributed by atoms with E-state index in [1.54, 1.807) is 0 Å². The minimum absolute atomic E-state index is 0.612. The fourth-order valence-corrected chi connectivity index (χ4v) is 1.65. The third-order valence-electron chi connectivity index (χ3n) is 3.34. The fraction of sp³-hybridized carbons (Fsp3) is 1.00. The number of hydrogen-bond donors (Lipinski definition) is 1. The molecule has 0 rings (SSSR count). The second kappa shape index (κ2) is 8.97. The number of nitrogens with zero attached hydrogens (tertiary/aromatic N) is 2. The van der Waals surface area contributed by atoms with Crippen molar-refractivity contribution in [3.05, 3.63) is 0 Å². The summed E-state index contributed by atoms with van der Waals surface area (Å²) >= 11 is 0. The van der Waals surface area contributed by atoms with Crippen LogP contribution in [-0.2, 0) is 0 Å². The van der Waals surface area contributed by atoms with E-state index in [1.165, 1.54) is 12.8 Å². The lowest BCUT2D eigenvalue weighted by molar-refractivity contribution is 0.219. The van der Waals surface area contributed by atoms with Crippen molar-refractivity contribution in [1.82, 2.24) is 15.1 Å². The van der Waals surface area contributed by atoms with Crippen LogP contribution in [0.3, 0.4) is 0 Å². The van der Waals surface area contributed by atoms with Crippen LogP contribution in [-0.4, -0.2) is 62.7 Å². The summed E-state index contributed by atoms with van der Waals surface area (Å²) in [6, 6.07) is 1.30. The minimum atomic E-state index is 0.612. The van der Waals surface area contributed by atoms with Gasteiger partial charge in [0.15, 0.2) is 0 Å². The molecule has 0 spiro atoms. The molecule has 0 aliphatic carbocycles. The second-order valence-electron chi connectivity index (χ2n) is 5.05. The molecule has 0 heterocycles. The van der Waals surface area contributed by atoms with Gasteiger partial charge in [-0.15, -0.1) is 0 Å². The summed E-state index contributed by atoms with van der Waals surface area (Å²) in [6.07, 6.45) is 2.45. The summed E-state index contributed by atoms with van der Waals surface area (Å²) in [5, 5.41) is 3.63. The number of likely N-dealkylation sites (N-methyl/N-ethyl adjacent to an activating group) is 2. The van der Waals surface area contributed by atoms with Crippen molar-refractivity contribution in [2.45, 2.75) is 45.7 Å². The Kier molecular flexibility index (Phi) is 8.90. The van der Waals surface area contributed by atoms with Crippen molar-refractivity contribution in [1.29, 1.82) is 0 Å². The van der Waals surface area contributed by atoms with Crippen molar-refractivity contribution >= 4 is 0 Å². The predicted octanol–water partition coefficient (Wildman–Crippen LogP) is 1.65. The Hall–Kier alpha value is -0.120. The molecule has 0 aromatic heterocycles. The molecule has 0 aromatic carbocycles. The molecule has 0 fully saturated rings. The lowest BCUT2D eigenvalue weighted by atomic mass is 10.1. The first-order valence-electron chi connectivity index (χ1n) is 6.59. The topological polar surface area (TPSA) is 18.5 Å². The van der Waals surface area contributed by atoms with Crippen molar-refractivity contribution in [3.8, 4) is 0 Å². The Labute approximate surface area is 102 Å². The van der Waals surface area contributed by atoms with Gasteiger partial charge in [0.1, 0.15) is 0 Å². The summed E-state index contributed by atoms with van der Waals surface area (Å²) in [5.74, 6) is 0. The van der Waals surface area contributed by atoms with Crippen molar-refractivity contribution in [2.24, 2.45) is 0 Å². The fourth-order valence-electron chi connectivity index (χ4n) is 1.65. The van der Waals surface area contributed by atoms with Gasteiger partial charge >= 0.3 is 0 Å². The monoisotopic (exact) mass is 229 g/mol. The van der Waals surface area contributed by atoms with Gasteiger partial charge in [-0.2, -0.15) is 0 Å². The van der Waals surface area contributed by atoms with Crippen LogP contribution in [0, 0.1) is 0 Å².